The van der Waals surface area contributed by atoms with Crippen LogP contribution in [-0.2, 0) is 9.59 Å². The lowest BCUT2D eigenvalue weighted by molar-refractivity contribution is -0.126. The molecule has 5 nitrogen and oxygen atoms in total. The van der Waals surface area contributed by atoms with Crippen LogP contribution >= 0.6 is 11.6 Å². The van der Waals surface area contributed by atoms with Gasteiger partial charge in [0.25, 0.3) is 0 Å². The molecule has 1 saturated heterocycles. The number of halogens is 1. The maximum absolute atomic E-state index is 12.2. The average molecular weight is 311 g/mol. The van der Waals surface area contributed by atoms with Crippen LogP contribution in [0.3, 0.4) is 0 Å². The second kappa shape index (κ2) is 6.80. The van der Waals surface area contributed by atoms with Gasteiger partial charge in [-0.05, 0) is 24.6 Å². The summed E-state index contributed by atoms with van der Waals surface area (Å²) < 4.78 is 5.27. The number of hydrogen-bond acceptors (Lipinski definition) is 3. The van der Waals surface area contributed by atoms with Crippen molar-refractivity contribution in [1.29, 1.82) is 0 Å². The highest BCUT2D eigenvalue weighted by atomic mass is 35.5. The Balaban J connectivity index is 2.17. The van der Waals surface area contributed by atoms with E-state index in [2.05, 4.69) is 5.32 Å². The summed E-state index contributed by atoms with van der Waals surface area (Å²) in [6.07, 6.45) is 1.09. The molecule has 1 aliphatic heterocycles. The molecule has 0 bridgehead atoms. The summed E-state index contributed by atoms with van der Waals surface area (Å²) in [5.74, 6) is 0.0796. The molecular formula is C15H19ClN2O3. The number of nitrogens with one attached hydrogen (secondary N) is 1. The van der Waals surface area contributed by atoms with Crippen molar-refractivity contribution in [2.45, 2.75) is 19.8 Å². The van der Waals surface area contributed by atoms with E-state index in [0.29, 0.717) is 29.5 Å². The van der Waals surface area contributed by atoms with Crippen LogP contribution in [0, 0.1) is 5.92 Å². The molecule has 0 spiro atoms. The Morgan fingerprint density at radius 1 is 1.52 bits per heavy atom. The molecule has 1 unspecified atom stereocenters. The normalized spacial score (nSPS) is 18.0. The van der Waals surface area contributed by atoms with E-state index in [9.17, 15) is 9.59 Å². The van der Waals surface area contributed by atoms with Crippen molar-refractivity contribution in [3.63, 3.8) is 0 Å². The van der Waals surface area contributed by atoms with Gasteiger partial charge in [0.05, 0.1) is 18.7 Å². The van der Waals surface area contributed by atoms with E-state index in [0.717, 1.165) is 6.42 Å². The number of benzene rings is 1. The fraction of sp³-hybridized carbons (Fsp3) is 0.467. The Labute approximate surface area is 129 Å². The van der Waals surface area contributed by atoms with E-state index in [-0.39, 0.29) is 24.2 Å². The highest BCUT2D eigenvalue weighted by Gasteiger charge is 2.36. The van der Waals surface area contributed by atoms with Gasteiger partial charge in [-0.2, -0.15) is 0 Å². The lowest BCUT2D eigenvalue weighted by Gasteiger charge is -2.19. The monoisotopic (exact) mass is 310 g/mol. The summed E-state index contributed by atoms with van der Waals surface area (Å²) in [6.45, 7) is 2.97. The smallest absolute Gasteiger partial charge is 0.227 e. The minimum atomic E-state index is -0.326. The molecule has 1 atom stereocenters. The summed E-state index contributed by atoms with van der Waals surface area (Å²) >= 11 is 5.99. The Morgan fingerprint density at radius 3 is 2.95 bits per heavy atom. The third-order valence-corrected chi connectivity index (χ3v) is 3.71. The van der Waals surface area contributed by atoms with Crippen molar-refractivity contribution in [2.75, 3.05) is 25.1 Å². The molecule has 6 heteroatoms. The first-order chi connectivity index (χ1) is 10.1. The van der Waals surface area contributed by atoms with Gasteiger partial charge in [-0.15, -0.1) is 0 Å². The maximum Gasteiger partial charge on any atom is 0.227 e. The van der Waals surface area contributed by atoms with E-state index in [1.165, 1.54) is 0 Å². The number of methoxy groups -OCH3 is 1. The van der Waals surface area contributed by atoms with Crippen LogP contribution in [-0.4, -0.2) is 32.0 Å². The number of ether oxygens (including phenoxy) is 1. The van der Waals surface area contributed by atoms with Crippen LogP contribution in [0.15, 0.2) is 18.2 Å². The number of nitrogens with zero attached hydrogens (tertiary/aromatic N) is 1. The minimum Gasteiger partial charge on any atom is -0.495 e. The van der Waals surface area contributed by atoms with Crippen LogP contribution in [0.4, 0.5) is 5.69 Å². The van der Waals surface area contributed by atoms with E-state index in [1.807, 2.05) is 6.92 Å². The van der Waals surface area contributed by atoms with Gasteiger partial charge in [0.1, 0.15) is 5.75 Å². The largest absolute Gasteiger partial charge is 0.495 e. The van der Waals surface area contributed by atoms with Crippen LogP contribution < -0.4 is 15.0 Å². The minimum absolute atomic E-state index is 0.0753. The molecule has 0 radical (unpaired) electrons. The van der Waals surface area contributed by atoms with E-state index in [1.54, 1.807) is 30.2 Å². The Bertz CT molecular complexity index is 548. The number of rotatable bonds is 5. The first-order valence-electron chi connectivity index (χ1n) is 6.98. The molecule has 114 valence electrons. The SMILES string of the molecule is CCCNC(=O)C1CC(=O)N(c2cc(Cl)ccc2OC)C1. The van der Waals surface area contributed by atoms with Crippen molar-refractivity contribution < 1.29 is 14.3 Å². The zero-order chi connectivity index (χ0) is 15.4. The van der Waals surface area contributed by atoms with Crippen LogP contribution in [0.5, 0.6) is 5.75 Å². The van der Waals surface area contributed by atoms with Crippen LogP contribution in [0.1, 0.15) is 19.8 Å². The Hall–Kier alpha value is -1.75. The van der Waals surface area contributed by atoms with Crippen LogP contribution in [0.25, 0.3) is 0 Å². The molecule has 2 rings (SSSR count). The molecule has 0 aromatic heterocycles. The summed E-state index contributed by atoms with van der Waals surface area (Å²) in [5, 5.41) is 3.36. The second-order valence-electron chi connectivity index (χ2n) is 5.01. The third-order valence-electron chi connectivity index (χ3n) is 3.48. The number of anilines is 1. The van der Waals surface area contributed by atoms with Gasteiger partial charge in [0, 0.05) is 24.5 Å². The zero-order valence-electron chi connectivity index (χ0n) is 12.2. The Morgan fingerprint density at radius 2 is 2.29 bits per heavy atom. The van der Waals surface area contributed by atoms with Gasteiger partial charge in [-0.3, -0.25) is 9.59 Å². The Kier molecular flexibility index (Phi) is 5.07. The molecule has 1 N–H and O–H groups in total. The number of hydrogen-bond donors (Lipinski definition) is 1. The lowest BCUT2D eigenvalue weighted by atomic mass is 10.1. The zero-order valence-corrected chi connectivity index (χ0v) is 12.9. The molecule has 1 fully saturated rings. The van der Waals surface area contributed by atoms with Crippen molar-refractivity contribution in [2.24, 2.45) is 5.92 Å². The van der Waals surface area contributed by atoms with Gasteiger partial charge in [0.2, 0.25) is 11.8 Å². The van der Waals surface area contributed by atoms with Crippen molar-refractivity contribution in [1.82, 2.24) is 5.32 Å². The third kappa shape index (κ3) is 3.47. The number of carbonyl (C=O) groups is 2. The van der Waals surface area contributed by atoms with Gasteiger partial charge < -0.3 is 15.0 Å². The van der Waals surface area contributed by atoms with E-state index in [4.69, 9.17) is 16.3 Å². The first kappa shape index (κ1) is 15.6. The molecule has 1 aromatic rings. The summed E-state index contributed by atoms with van der Waals surface area (Å²) in [6, 6.07) is 5.11. The quantitative estimate of drug-likeness (QED) is 0.907. The predicted octanol–water partition coefficient (Wildman–Crippen LogP) is 2.23. The molecule has 1 aromatic carbocycles. The van der Waals surface area contributed by atoms with E-state index < -0.39 is 0 Å². The fourth-order valence-electron chi connectivity index (χ4n) is 2.38. The van der Waals surface area contributed by atoms with Crippen molar-refractivity contribution in [3.8, 4) is 5.75 Å². The molecule has 1 aliphatic rings. The van der Waals surface area contributed by atoms with Crippen LogP contribution in [0.2, 0.25) is 5.02 Å². The fourth-order valence-corrected chi connectivity index (χ4v) is 2.55. The predicted molar refractivity (Wildman–Crippen MR) is 81.8 cm³/mol. The van der Waals surface area contributed by atoms with E-state index >= 15 is 0 Å². The van der Waals surface area contributed by atoms with Gasteiger partial charge in [-0.1, -0.05) is 18.5 Å². The van der Waals surface area contributed by atoms with Gasteiger partial charge in [-0.25, -0.2) is 0 Å². The highest BCUT2D eigenvalue weighted by Crippen LogP contribution is 2.35. The maximum atomic E-state index is 12.2. The van der Waals surface area contributed by atoms with Gasteiger partial charge >= 0.3 is 0 Å². The number of carbonyl (C=O) groups excluding carboxylic acids is 2. The average Bonchev–Trinajstić information content (AvgIpc) is 2.86. The first-order valence-corrected chi connectivity index (χ1v) is 7.36. The highest BCUT2D eigenvalue weighted by molar-refractivity contribution is 6.31. The molecule has 1 heterocycles. The molecule has 0 saturated carbocycles. The summed E-state index contributed by atoms with van der Waals surface area (Å²) in [7, 11) is 1.54. The number of amides is 2. The second-order valence-corrected chi connectivity index (χ2v) is 5.45. The molecular weight excluding hydrogens is 292 g/mol. The topological polar surface area (TPSA) is 58.6 Å². The molecule has 0 aliphatic carbocycles. The van der Waals surface area contributed by atoms with Crippen molar-refractivity contribution >= 4 is 29.1 Å². The van der Waals surface area contributed by atoms with Gasteiger partial charge in [0.15, 0.2) is 0 Å². The standard InChI is InChI=1S/C15H19ClN2O3/c1-3-6-17-15(20)10-7-14(19)18(9-10)12-8-11(16)4-5-13(12)21-2/h4-5,8,10H,3,6-7,9H2,1-2H3,(H,17,20). The molecule has 2 amide bonds. The lowest BCUT2D eigenvalue weighted by Crippen LogP contribution is -2.33. The van der Waals surface area contributed by atoms with Crippen molar-refractivity contribution in [3.05, 3.63) is 23.2 Å². The molecule has 21 heavy (non-hydrogen) atoms. The summed E-state index contributed by atoms with van der Waals surface area (Å²) in [5.41, 5.74) is 0.612. The summed E-state index contributed by atoms with van der Waals surface area (Å²) in [4.78, 5) is 25.8.